The van der Waals surface area contributed by atoms with Crippen molar-refractivity contribution < 1.29 is 19.3 Å². The zero-order valence-electron chi connectivity index (χ0n) is 14.9. The molecule has 0 aliphatic carbocycles. The van der Waals surface area contributed by atoms with Gasteiger partial charge in [0.2, 0.25) is 5.82 Å². The van der Waals surface area contributed by atoms with Crippen molar-refractivity contribution in [3.05, 3.63) is 38.9 Å². The fourth-order valence-corrected chi connectivity index (χ4v) is 2.98. The average Bonchev–Trinajstić information content (AvgIpc) is 2.99. The summed E-state index contributed by atoms with van der Waals surface area (Å²) in [6, 6.07) is 1.54. The highest BCUT2D eigenvalue weighted by Gasteiger charge is 2.35. The number of nitrogens with two attached hydrogens (primary N) is 2. The molecule has 0 bridgehead atoms. The summed E-state index contributed by atoms with van der Waals surface area (Å²) in [4.78, 5) is 31.9. The molecule has 28 heavy (non-hydrogen) atoms. The SMILES string of the molecule is CCSc1nc(N)cc(N)n1.O=c1[nH]c(=O)n([C@H]2C[C@H](O)[C@@H](CO)O2)cc1F. The lowest BCUT2D eigenvalue weighted by atomic mass is 10.2. The van der Waals surface area contributed by atoms with Gasteiger partial charge < -0.3 is 26.4 Å². The van der Waals surface area contributed by atoms with Crippen LogP contribution in [0.3, 0.4) is 0 Å². The van der Waals surface area contributed by atoms with Crippen molar-refractivity contribution in [3.63, 3.8) is 0 Å². The number of aliphatic hydroxyl groups is 2. The Morgan fingerprint density at radius 1 is 1.39 bits per heavy atom. The maximum absolute atomic E-state index is 13.0. The van der Waals surface area contributed by atoms with Gasteiger partial charge in [-0.3, -0.25) is 14.3 Å². The van der Waals surface area contributed by atoms with Crippen molar-refractivity contribution in [1.82, 2.24) is 19.5 Å². The molecule has 0 unspecified atom stereocenters. The van der Waals surface area contributed by atoms with Gasteiger partial charge in [-0.25, -0.2) is 14.8 Å². The highest BCUT2D eigenvalue weighted by atomic mass is 32.2. The molecule has 154 valence electrons. The Balaban J connectivity index is 0.000000221. The minimum absolute atomic E-state index is 0.0383. The van der Waals surface area contributed by atoms with Crippen LogP contribution in [0.25, 0.3) is 0 Å². The van der Waals surface area contributed by atoms with Crippen LogP contribution in [0.4, 0.5) is 16.0 Å². The van der Waals surface area contributed by atoms with Crippen LogP contribution in [-0.2, 0) is 4.74 Å². The van der Waals surface area contributed by atoms with Crippen molar-refractivity contribution >= 4 is 23.4 Å². The number of nitrogens with one attached hydrogen (secondary N) is 1. The number of halogens is 1. The molecule has 2 aromatic heterocycles. The molecule has 1 aliphatic rings. The molecule has 0 saturated carbocycles. The van der Waals surface area contributed by atoms with Crippen LogP contribution >= 0.6 is 11.8 Å². The summed E-state index contributed by atoms with van der Waals surface area (Å²) in [6.07, 6.45) is -1.90. The van der Waals surface area contributed by atoms with Gasteiger partial charge >= 0.3 is 5.69 Å². The van der Waals surface area contributed by atoms with Gasteiger partial charge in [0.05, 0.1) is 18.9 Å². The van der Waals surface area contributed by atoms with Crippen LogP contribution in [0.2, 0.25) is 0 Å². The van der Waals surface area contributed by atoms with Gasteiger partial charge in [-0.15, -0.1) is 0 Å². The van der Waals surface area contributed by atoms with E-state index in [1.165, 1.54) is 11.8 Å². The third-order valence-electron chi connectivity index (χ3n) is 3.64. The lowest BCUT2D eigenvalue weighted by Crippen LogP contribution is -2.34. The Morgan fingerprint density at radius 2 is 2.04 bits per heavy atom. The number of rotatable bonds is 4. The normalized spacial score (nSPS) is 21.2. The second-order valence-electron chi connectivity index (χ2n) is 5.69. The van der Waals surface area contributed by atoms with Crippen LogP contribution in [0.5, 0.6) is 0 Å². The minimum Gasteiger partial charge on any atom is -0.394 e. The van der Waals surface area contributed by atoms with E-state index in [-0.39, 0.29) is 6.42 Å². The summed E-state index contributed by atoms with van der Waals surface area (Å²) in [5.74, 6) is 0.653. The van der Waals surface area contributed by atoms with Gasteiger partial charge in [0.25, 0.3) is 5.56 Å². The number of aromatic amines is 1. The van der Waals surface area contributed by atoms with E-state index in [1.54, 1.807) is 11.1 Å². The lowest BCUT2D eigenvalue weighted by Gasteiger charge is -2.13. The summed E-state index contributed by atoms with van der Waals surface area (Å²) >= 11 is 1.52. The minimum atomic E-state index is -1.12. The molecule has 7 N–H and O–H groups in total. The van der Waals surface area contributed by atoms with Gasteiger partial charge in [0.1, 0.15) is 24.0 Å². The van der Waals surface area contributed by atoms with Gasteiger partial charge in [-0.05, 0) is 5.75 Å². The molecule has 0 aromatic carbocycles. The number of hydrogen-bond acceptors (Lipinski definition) is 10. The Kier molecular flexibility index (Phi) is 7.51. The number of aliphatic hydroxyl groups excluding tert-OH is 2. The average molecular weight is 416 g/mol. The number of H-pyrrole nitrogens is 1. The second-order valence-corrected chi connectivity index (χ2v) is 6.92. The largest absolute Gasteiger partial charge is 0.394 e. The highest BCUT2D eigenvalue weighted by Crippen LogP contribution is 2.27. The number of anilines is 2. The maximum Gasteiger partial charge on any atom is 0.330 e. The van der Waals surface area contributed by atoms with Crippen LogP contribution < -0.4 is 22.7 Å². The van der Waals surface area contributed by atoms with E-state index in [0.29, 0.717) is 16.8 Å². The molecule has 2 aromatic rings. The fourth-order valence-electron chi connectivity index (χ4n) is 2.38. The smallest absolute Gasteiger partial charge is 0.330 e. The lowest BCUT2D eigenvalue weighted by molar-refractivity contribution is -0.0462. The molecular formula is C15H21FN6O5S. The number of nitrogen functional groups attached to an aromatic ring is 2. The summed E-state index contributed by atoms with van der Waals surface area (Å²) in [5, 5.41) is 19.0. The van der Waals surface area contributed by atoms with Crippen LogP contribution in [-0.4, -0.2) is 54.3 Å². The predicted molar refractivity (Wildman–Crippen MR) is 100 cm³/mol. The highest BCUT2D eigenvalue weighted by molar-refractivity contribution is 7.99. The molecule has 13 heteroatoms. The third kappa shape index (κ3) is 5.51. The molecule has 1 saturated heterocycles. The van der Waals surface area contributed by atoms with E-state index in [1.807, 2.05) is 6.92 Å². The van der Waals surface area contributed by atoms with E-state index in [4.69, 9.17) is 21.3 Å². The number of thioether (sulfide) groups is 1. The first kappa shape index (κ1) is 21.8. The van der Waals surface area contributed by atoms with Crippen molar-refractivity contribution in [3.8, 4) is 0 Å². The van der Waals surface area contributed by atoms with Crippen molar-refractivity contribution in [2.75, 3.05) is 23.8 Å². The molecular weight excluding hydrogens is 395 g/mol. The summed E-state index contributed by atoms with van der Waals surface area (Å²) < 4.78 is 19.0. The molecule has 1 aliphatic heterocycles. The van der Waals surface area contributed by atoms with Gasteiger partial charge in [-0.1, -0.05) is 18.7 Å². The quantitative estimate of drug-likeness (QED) is 0.308. The number of ether oxygens (including phenoxy) is 1. The zero-order valence-corrected chi connectivity index (χ0v) is 15.7. The monoisotopic (exact) mass is 416 g/mol. The van der Waals surface area contributed by atoms with E-state index in [0.717, 1.165) is 16.5 Å². The first-order chi connectivity index (χ1) is 13.2. The Labute approximate surface area is 162 Å². The Bertz CT molecular complexity index is 902. The fraction of sp³-hybridized carbons (Fsp3) is 0.467. The Morgan fingerprint density at radius 3 is 2.57 bits per heavy atom. The number of hydrogen-bond donors (Lipinski definition) is 5. The van der Waals surface area contributed by atoms with Gasteiger partial charge in [0.15, 0.2) is 5.16 Å². The molecule has 3 heterocycles. The first-order valence-corrected chi connectivity index (χ1v) is 9.21. The summed E-state index contributed by atoms with van der Waals surface area (Å²) in [6.45, 7) is 1.62. The van der Waals surface area contributed by atoms with E-state index in [9.17, 15) is 19.1 Å². The predicted octanol–water partition coefficient (Wildman–Crippen LogP) is -0.931. The van der Waals surface area contributed by atoms with Crippen LogP contribution in [0.1, 0.15) is 19.6 Å². The molecule has 0 amide bonds. The molecule has 3 rings (SSSR count). The van der Waals surface area contributed by atoms with Crippen LogP contribution in [0, 0.1) is 5.82 Å². The van der Waals surface area contributed by atoms with Gasteiger partial charge in [0, 0.05) is 12.5 Å². The van der Waals surface area contributed by atoms with Gasteiger partial charge in [-0.2, -0.15) is 4.39 Å². The van der Waals surface area contributed by atoms with E-state index < -0.39 is 42.1 Å². The first-order valence-electron chi connectivity index (χ1n) is 8.23. The second kappa shape index (κ2) is 9.64. The molecule has 1 fully saturated rings. The molecule has 3 atom stereocenters. The molecule has 0 radical (unpaired) electrons. The maximum atomic E-state index is 13.0. The van der Waals surface area contributed by atoms with E-state index in [2.05, 4.69) is 9.97 Å². The van der Waals surface area contributed by atoms with Crippen LogP contribution in [0.15, 0.2) is 27.0 Å². The Hall–Kier alpha value is -2.48. The summed E-state index contributed by atoms with van der Waals surface area (Å²) in [5.41, 5.74) is 8.96. The standard InChI is InChI=1S/C9H11FN2O5.C6H10N4S/c10-4-2-12(9(16)11-8(4)15)7-1-5(14)6(3-13)17-7;1-2-11-6-9-4(7)3-5(8)10-6/h2,5-7,13-14H,1,3H2,(H,11,15,16);3H,2H2,1H3,(H4,7,8,9,10)/t5-,6+,7+;/m0./s1. The third-order valence-corrected chi connectivity index (χ3v) is 4.37. The topological polar surface area (TPSA) is 182 Å². The van der Waals surface area contributed by atoms with E-state index >= 15 is 0 Å². The summed E-state index contributed by atoms with van der Waals surface area (Å²) in [7, 11) is 0. The molecule has 11 nitrogen and oxygen atoms in total. The van der Waals surface area contributed by atoms with Crippen molar-refractivity contribution in [2.45, 2.75) is 36.9 Å². The number of aromatic nitrogens is 4. The zero-order chi connectivity index (χ0) is 20.8. The number of nitrogens with zero attached hydrogens (tertiary/aromatic N) is 3. The van der Waals surface area contributed by atoms with Crippen molar-refractivity contribution in [2.24, 2.45) is 0 Å². The van der Waals surface area contributed by atoms with Crippen molar-refractivity contribution in [1.29, 1.82) is 0 Å². The molecule has 0 spiro atoms.